The first-order valence-electron chi connectivity index (χ1n) is 8.16. The summed E-state index contributed by atoms with van der Waals surface area (Å²) in [5, 5.41) is 16.0. The van der Waals surface area contributed by atoms with Gasteiger partial charge in [-0.05, 0) is 26.7 Å². The Bertz CT molecular complexity index is 573. The molecule has 0 radical (unpaired) electrons. The second-order valence-electron chi connectivity index (χ2n) is 5.99. The SMILES string of the molecule is C=C(C)C(=O)NCCCC[C@H]([NH3+])C(=O)N[C@@H](COC(=O)C(=C)C)C(=O)[O-]. The van der Waals surface area contributed by atoms with Crippen LogP contribution in [0.3, 0.4) is 0 Å². The summed E-state index contributed by atoms with van der Waals surface area (Å²) in [6, 6.07) is -2.16. The van der Waals surface area contributed by atoms with Gasteiger partial charge in [-0.25, -0.2) is 4.79 Å². The monoisotopic (exact) mass is 369 g/mol. The van der Waals surface area contributed by atoms with Crippen molar-refractivity contribution in [3.8, 4) is 0 Å². The summed E-state index contributed by atoms with van der Waals surface area (Å²) < 4.78 is 4.72. The highest BCUT2D eigenvalue weighted by Gasteiger charge is 2.22. The molecule has 5 N–H and O–H groups in total. The van der Waals surface area contributed by atoms with E-state index in [0.717, 1.165) is 0 Å². The Labute approximate surface area is 152 Å². The first-order chi connectivity index (χ1) is 12.1. The van der Waals surface area contributed by atoms with Crippen LogP contribution in [0.15, 0.2) is 24.3 Å². The third-order valence-electron chi connectivity index (χ3n) is 3.35. The molecule has 2 amide bonds. The summed E-state index contributed by atoms with van der Waals surface area (Å²) in [6.07, 6.45) is 1.65. The van der Waals surface area contributed by atoms with Gasteiger partial charge in [-0.2, -0.15) is 0 Å². The summed E-state index contributed by atoms with van der Waals surface area (Å²) in [4.78, 5) is 45.6. The molecule has 0 aromatic rings. The van der Waals surface area contributed by atoms with Crippen LogP contribution in [0.4, 0.5) is 0 Å². The molecule has 0 spiro atoms. The molecule has 0 saturated carbocycles. The zero-order chi connectivity index (χ0) is 20.3. The maximum Gasteiger partial charge on any atom is 0.333 e. The van der Waals surface area contributed by atoms with Crippen LogP contribution in [-0.2, 0) is 23.9 Å². The third kappa shape index (κ3) is 9.58. The van der Waals surface area contributed by atoms with Crippen molar-refractivity contribution in [3.05, 3.63) is 24.3 Å². The summed E-state index contributed by atoms with van der Waals surface area (Å²) in [5.74, 6) is -3.14. The highest BCUT2D eigenvalue weighted by atomic mass is 16.5. The highest BCUT2D eigenvalue weighted by Crippen LogP contribution is 2.00. The van der Waals surface area contributed by atoms with E-state index < -0.39 is 36.5 Å². The average Bonchev–Trinajstić information content (AvgIpc) is 2.56. The Morgan fingerprint density at radius 1 is 1.12 bits per heavy atom. The zero-order valence-electron chi connectivity index (χ0n) is 15.3. The van der Waals surface area contributed by atoms with E-state index >= 15 is 0 Å². The predicted octanol–water partition coefficient (Wildman–Crippen LogP) is -2.19. The van der Waals surface area contributed by atoms with Crippen molar-refractivity contribution in [2.24, 2.45) is 0 Å². The summed E-state index contributed by atoms with van der Waals surface area (Å²) in [5.41, 5.74) is 4.22. The van der Waals surface area contributed by atoms with Gasteiger partial charge in [-0.15, -0.1) is 0 Å². The van der Waals surface area contributed by atoms with Gasteiger partial charge < -0.3 is 31.0 Å². The number of aliphatic carboxylic acids is 1. The van der Waals surface area contributed by atoms with Gasteiger partial charge in [0.25, 0.3) is 5.91 Å². The lowest BCUT2D eigenvalue weighted by molar-refractivity contribution is -0.405. The van der Waals surface area contributed by atoms with Gasteiger partial charge in [0.05, 0.1) is 5.97 Å². The second-order valence-corrected chi connectivity index (χ2v) is 5.99. The maximum atomic E-state index is 12.0. The van der Waals surface area contributed by atoms with E-state index in [1.54, 1.807) is 6.92 Å². The molecule has 9 nitrogen and oxygen atoms in total. The molecular weight excluding hydrogens is 342 g/mol. The predicted molar refractivity (Wildman–Crippen MR) is 91.1 cm³/mol. The van der Waals surface area contributed by atoms with Crippen LogP contribution in [0.25, 0.3) is 0 Å². The topological polar surface area (TPSA) is 152 Å². The van der Waals surface area contributed by atoms with Crippen molar-refractivity contribution < 1.29 is 34.8 Å². The molecule has 0 aromatic heterocycles. The molecular formula is C17H27N3O6. The molecule has 2 atom stereocenters. The Hall–Kier alpha value is -2.68. The molecule has 0 rings (SSSR count). The van der Waals surface area contributed by atoms with Crippen LogP contribution < -0.4 is 21.5 Å². The van der Waals surface area contributed by atoms with Crippen LogP contribution in [0.1, 0.15) is 33.1 Å². The number of nitrogens with one attached hydrogen (secondary N) is 2. The Balaban J connectivity index is 4.25. The molecule has 0 aliphatic carbocycles. The van der Waals surface area contributed by atoms with Gasteiger partial charge in [0.1, 0.15) is 12.6 Å². The lowest BCUT2D eigenvalue weighted by Gasteiger charge is -2.20. The number of unbranched alkanes of at least 4 members (excludes halogenated alkanes) is 1. The Morgan fingerprint density at radius 2 is 1.73 bits per heavy atom. The highest BCUT2D eigenvalue weighted by molar-refractivity contribution is 5.92. The molecule has 146 valence electrons. The third-order valence-corrected chi connectivity index (χ3v) is 3.35. The molecule has 0 saturated heterocycles. The minimum absolute atomic E-state index is 0.113. The molecule has 0 bridgehead atoms. The van der Waals surface area contributed by atoms with E-state index in [1.165, 1.54) is 6.92 Å². The number of hydrogen-bond donors (Lipinski definition) is 3. The van der Waals surface area contributed by atoms with Gasteiger partial charge in [0, 0.05) is 24.1 Å². The van der Waals surface area contributed by atoms with E-state index in [9.17, 15) is 24.3 Å². The molecule has 0 aliphatic rings. The Morgan fingerprint density at radius 3 is 2.23 bits per heavy atom. The molecule has 0 aromatic carbocycles. The van der Waals surface area contributed by atoms with Crippen LogP contribution in [0, 0.1) is 0 Å². The standard InChI is InChI=1S/C17H27N3O6/c1-10(2)14(21)19-8-6-5-7-12(18)15(22)20-13(16(23)24)9-26-17(25)11(3)4/h12-13H,1,3,5-9,18H2,2,4H3,(H,19,21)(H,20,22)(H,23,24)/t12-,13-/m0/s1. The number of carboxylic acids is 1. The van der Waals surface area contributed by atoms with Gasteiger partial charge in [-0.1, -0.05) is 13.2 Å². The molecule has 0 aliphatic heterocycles. The maximum absolute atomic E-state index is 12.0. The molecule has 9 heteroatoms. The number of carboxylic acid groups (broad SMARTS) is 1. The minimum atomic E-state index is -1.57. The van der Waals surface area contributed by atoms with Crippen molar-refractivity contribution in [1.82, 2.24) is 10.6 Å². The van der Waals surface area contributed by atoms with Crippen LogP contribution in [0.2, 0.25) is 0 Å². The van der Waals surface area contributed by atoms with E-state index in [1.807, 2.05) is 0 Å². The van der Waals surface area contributed by atoms with E-state index in [4.69, 9.17) is 4.74 Å². The zero-order valence-corrected chi connectivity index (χ0v) is 15.3. The second kappa shape index (κ2) is 11.8. The molecule has 0 unspecified atom stereocenters. The fraction of sp³-hybridized carbons (Fsp3) is 0.529. The van der Waals surface area contributed by atoms with Crippen molar-refractivity contribution in [1.29, 1.82) is 0 Å². The van der Waals surface area contributed by atoms with Crippen molar-refractivity contribution in [2.45, 2.75) is 45.2 Å². The van der Waals surface area contributed by atoms with Gasteiger partial charge in [0.2, 0.25) is 5.91 Å². The number of carbonyl (C=O) groups excluding carboxylic acids is 4. The molecule has 0 fully saturated rings. The number of hydrogen-bond acceptors (Lipinski definition) is 6. The summed E-state index contributed by atoms with van der Waals surface area (Å²) >= 11 is 0. The fourth-order valence-electron chi connectivity index (χ4n) is 1.74. The minimum Gasteiger partial charge on any atom is -0.548 e. The number of quaternary nitrogens is 1. The van der Waals surface area contributed by atoms with E-state index in [-0.39, 0.29) is 11.5 Å². The lowest BCUT2D eigenvalue weighted by Crippen LogP contribution is -2.69. The quantitative estimate of drug-likeness (QED) is 0.202. The van der Waals surface area contributed by atoms with Gasteiger partial charge in [0.15, 0.2) is 6.04 Å². The van der Waals surface area contributed by atoms with Gasteiger partial charge in [-0.3, -0.25) is 9.59 Å². The fourth-order valence-corrected chi connectivity index (χ4v) is 1.74. The van der Waals surface area contributed by atoms with Crippen LogP contribution >= 0.6 is 0 Å². The number of carbonyl (C=O) groups is 4. The number of amides is 2. The van der Waals surface area contributed by atoms with Crippen LogP contribution in [-0.4, -0.2) is 49.0 Å². The first-order valence-corrected chi connectivity index (χ1v) is 8.16. The molecule has 0 heterocycles. The lowest BCUT2D eigenvalue weighted by atomic mass is 10.1. The van der Waals surface area contributed by atoms with Gasteiger partial charge >= 0.3 is 5.97 Å². The van der Waals surface area contributed by atoms with Crippen molar-refractivity contribution in [2.75, 3.05) is 13.2 Å². The smallest absolute Gasteiger partial charge is 0.333 e. The van der Waals surface area contributed by atoms with Crippen LogP contribution in [0.5, 0.6) is 0 Å². The number of ether oxygens (including phenoxy) is 1. The summed E-state index contributed by atoms with van der Waals surface area (Å²) in [6.45, 7) is 9.80. The number of rotatable bonds is 12. The van der Waals surface area contributed by atoms with Crippen molar-refractivity contribution >= 4 is 23.8 Å². The largest absolute Gasteiger partial charge is 0.548 e. The van der Waals surface area contributed by atoms with E-state index in [0.29, 0.717) is 31.4 Å². The normalized spacial score (nSPS) is 12.4. The Kier molecular flexibility index (Phi) is 10.6. The number of esters is 1. The summed E-state index contributed by atoms with van der Waals surface area (Å²) in [7, 11) is 0. The van der Waals surface area contributed by atoms with Crippen molar-refractivity contribution in [3.63, 3.8) is 0 Å². The first kappa shape index (κ1) is 23.3. The van der Waals surface area contributed by atoms with E-state index in [2.05, 4.69) is 29.5 Å². The molecule has 26 heavy (non-hydrogen) atoms. The average molecular weight is 369 g/mol.